The van der Waals surface area contributed by atoms with Crippen LogP contribution < -0.4 is 5.32 Å². The second-order valence-corrected chi connectivity index (χ2v) is 3.73. The Morgan fingerprint density at radius 3 is 2.67 bits per heavy atom. The number of hydrogen-bond acceptors (Lipinski definition) is 3. The fourth-order valence-corrected chi connectivity index (χ4v) is 1.74. The first-order valence-corrected chi connectivity index (χ1v) is 4.69. The molecule has 0 aliphatic heterocycles. The largest absolute Gasteiger partial charge is 0.411 e. The van der Waals surface area contributed by atoms with Crippen LogP contribution in [-0.4, -0.2) is 31.5 Å². The predicted octanol–water partition coefficient (Wildman–Crippen LogP) is 1.60. The SMILES string of the molecule is CNC1(C#N)CCC(OCC(F)(F)F)C1. The third kappa shape index (κ3) is 3.36. The summed E-state index contributed by atoms with van der Waals surface area (Å²) < 4.78 is 40.3. The van der Waals surface area contributed by atoms with Crippen LogP contribution in [0, 0.1) is 11.3 Å². The molecule has 1 fully saturated rings. The maximum atomic E-state index is 11.9. The highest BCUT2D eigenvalue weighted by atomic mass is 19.4. The average molecular weight is 222 g/mol. The summed E-state index contributed by atoms with van der Waals surface area (Å²) in [5.41, 5.74) is -0.712. The van der Waals surface area contributed by atoms with E-state index in [0.717, 1.165) is 0 Å². The minimum atomic E-state index is -4.29. The number of nitrogens with zero attached hydrogens (tertiary/aromatic N) is 1. The van der Waals surface area contributed by atoms with Gasteiger partial charge in [-0.15, -0.1) is 0 Å². The van der Waals surface area contributed by atoms with Crippen molar-refractivity contribution in [3.8, 4) is 6.07 Å². The molecule has 15 heavy (non-hydrogen) atoms. The normalized spacial score (nSPS) is 31.5. The van der Waals surface area contributed by atoms with Gasteiger partial charge in [0.15, 0.2) is 0 Å². The van der Waals surface area contributed by atoms with E-state index in [1.54, 1.807) is 7.05 Å². The minimum Gasteiger partial charge on any atom is -0.369 e. The van der Waals surface area contributed by atoms with Crippen LogP contribution in [-0.2, 0) is 4.74 Å². The first kappa shape index (κ1) is 12.3. The average Bonchev–Trinajstić information content (AvgIpc) is 2.58. The van der Waals surface area contributed by atoms with E-state index in [1.165, 1.54) is 0 Å². The van der Waals surface area contributed by atoms with E-state index >= 15 is 0 Å². The zero-order valence-electron chi connectivity index (χ0n) is 8.40. The van der Waals surface area contributed by atoms with Gasteiger partial charge in [0.2, 0.25) is 0 Å². The molecule has 0 heterocycles. The van der Waals surface area contributed by atoms with Gasteiger partial charge in [0.1, 0.15) is 12.1 Å². The number of rotatable bonds is 3. The van der Waals surface area contributed by atoms with E-state index < -0.39 is 24.4 Å². The van der Waals surface area contributed by atoms with Crippen molar-refractivity contribution in [2.24, 2.45) is 0 Å². The van der Waals surface area contributed by atoms with E-state index in [-0.39, 0.29) is 0 Å². The number of alkyl halides is 3. The highest BCUT2D eigenvalue weighted by Crippen LogP contribution is 2.32. The lowest BCUT2D eigenvalue weighted by Gasteiger charge is -2.20. The van der Waals surface area contributed by atoms with E-state index in [9.17, 15) is 13.2 Å². The van der Waals surface area contributed by atoms with Crippen LogP contribution in [0.3, 0.4) is 0 Å². The third-order valence-electron chi connectivity index (χ3n) is 2.64. The smallest absolute Gasteiger partial charge is 0.369 e. The third-order valence-corrected chi connectivity index (χ3v) is 2.64. The van der Waals surface area contributed by atoms with E-state index in [1.807, 2.05) is 0 Å². The van der Waals surface area contributed by atoms with Crippen molar-refractivity contribution in [2.75, 3.05) is 13.7 Å². The Bertz CT molecular complexity index is 261. The summed E-state index contributed by atoms with van der Waals surface area (Å²) in [5.74, 6) is 0. The van der Waals surface area contributed by atoms with Crippen LogP contribution in [0.1, 0.15) is 19.3 Å². The van der Waals surface area contributed by atoms with Crippen LogP contribution in [0.4, 0.5) is 13.2 Å². The number of nitriles is 1. The van der Waals surface area contributed by atoms with Crippen molar-refractivity contribution in [3.05, 3.63) is 0 Å². The van der Waals surface area contributed by atoms with Gasteiger partial charge in [0.05, 0.1) is 12.2 Å². The summed E-state index contributed by atoms with van der Waals surface area (Å²) in [6, 6.07) is 2.08. The Hall–Kier alpha value is -0.800. The Labute approximate surface area is 86.2 Å². The summed E-state index contributed by atoms with van der Waals surface area (Å²) in [6.07, 6.45) is -3.43. The Morgan fingerprint density at radius 2 is 2.27 bits per heavy atom. The van der Waals surface area contributed by atoms with Crippen LogP contribution in [0.5, 0.6) is 0 Å². The van der Waals surface area contributed by atoms with Gasteiger partial charge < -0.3 is 10.1 Å². The molecule has 0 aromatic carbocycles. The molecule has 0 aromatic heterocycles. The molecule has 2 unspecified atom stereocenters. The van der Waals surface area contributed by atoms with Crippen LogP contribution in [0.15, 0.2) is 0 Å². The number of halogens is 3. The van der Waals surface area contributed by atoms with E-state index in [4.69, 9.17) is 10.00 Å². The summed E-state index contributed by atoms with van der Waals surface area (Å²) in [6.45, 7) is -1.23. The van der Waals surface area contributed by atoms with E-state index in [2.05, 4.69) is 11.4 Å². The highest BCUT2D eigenvalue weighted by Gasteiger charge is 2.40. The van der Waals surface area contributed by atoms with E-state index in [0.29, 0.717) is 19.3 Å². The number of hydrogen-bond donors (Lipinski definition) is 1. The predicted molar refractivity (Wildman–Crippen MR) is 47.0 cm³/mol. The van der Waals surface area contributed by atoms with Crippen LogP contribution >= 0.6 is 0 Å². The van der Waals surface area contributed by atoms with Crippen molar-refractivity contribution in [1.29, 1.82) is 5.26 Å². The van der Waals surface area contributed by atoms with Gasteiger partial charge in [-0.1, -0.05) is 0 Å². The topological polar surface area (TPSA) is 45.0 Å². The molecule has 0 bridgehead atoms. The monoisotopic (exact) mass is 222 g/mol. The highest BCUT2D eigenvalue weighted by molar-refractivity contribution is 5.11. The molecular weight excluding hydrogens is 209 g/mol. The second kappa shape index (κ2) is 4.37. The molecular formula is C9H13F3N2O. The fraction of sp³-hybridized carbons (Fsp3) is 0.889. The second-order valence-electron chi connectivity index (χ2n) is 3.73. The van der Waals surface area contributed by atoms with Crippen LogP contribution in [0.25, 0.3) is 0 Å². The molecule has 1 rings (SSSR count). The van der Waals surface area contributed by atoms with Gasteiger partial charge in [-0.05, 0) is 19.9 Å². The standard InChI is InChI=1S/C9H13F3N2O/c1-14-8(5-13)3-2-7(4-8)15-6-9(10,11)12/h7,14H,2-4,6H2,1H3. The lowest BCUT2D eigenvalue weighted by atomic mass is 10.0. The van der Waals surface area contributed by atoms with Gasteiger partial charge in [0.25, 0.3) is 0 Å². The number of nitrogens with one attached hydrogen (secondary N) is 1. The lowest BCUT2D eigenvalue weighted by Crippen LogP contribution is -2.39. The van der Waals surface area contributed by atoms with Crippen molar-refractivity contribution in [1.82, 2.24) is 5.32 Å². The Kier molecular flexibility index (Phi) is 3.58. The summed E-state index contributed by atoms with van der Waals surface area (Å²) in [4.78, 5) is 0. The summed E-state index contributed by atoms with van der Waals surface area (Å²) in [7, 11) is 1.63. The Balaban J connectivity index is 2.41. The first-order valence-electron chi connectivity index (χ1n) is 4.69. The van der Waals surface area contributed by atoms with Gasteiger partial charge in [-0.2, -0.15) is 18.4 Å². The van der Waals surface area contributed by atoms with Crippen molar-refractivity contribution in [3.63, 3.8) is 0 Å². The van der Waals surface area contributed by atoms with Crippen molar-refractivity contribution in [2.45, 2.75) is 37.1 Å². The molecule has 0 saturated heterocycles. The fourth-order valence-electron chi connectivity index (χ4n) is 1.74. The molecule has 1 aliphatic carbocycles. The molecule has 1 saturated carbocycles. The first-order chi connectivity index (χ1) is 6.91. The molecule has 3 nitrogen and oxygen atoms in total. The zero-order chi connectivity index (χ0) is 11.5. The minimum absolute atomic E-state index is 0.316. The van der Waals surface area contributed by atoms with Gasteiger partial charge in [0, 0.05) is 6.42 Å². The molecule has 1 aliphatic rings. The van der Waals surface area contributed by atoms with Crippen LogP contribution in [0.2, 0.25) is 0 Å². The summed E-state index contributed by atoms with van der Waals surface area (Å²) >= 11 is 0. The molecule has 0 radical (unpaired) electrons. The molecule has 0 spiro atoms. The maximum absolute atomic E-state index is 11.9. The van der Waals surface area contributed by atoms with Crippen molar-refractivity contribution < 1.29 is 17.9 Å². The molecule has 0 amide bonds. The van der Waals surface area contributed by atoms with Crippen molar-refractivity contribution >= 4 is 0 Å². The number of ether oxygens (including phenoxy) is 1. The summed E-state index contributed by atoms with van der Waals surface area (Å²) in [5, 5.41) is 11.7. The molecule has 1 N–H and O–H groups in total. The van der Waals surface area contributed by atoms with Gasteiger partial charge in [-0.3, -0.25) is 0 Å². The zero-order valence-corrected chi connectivity index (χ0v) is 8.40. The Morgan fingerprint density at radius 1 is 1.60 bits per heavy atom. The maximum Gasteiger partial charge on any atom is 0.411 e. The van der Waals surface area contributed by atoms with Gasteiger partial charge in [-0.25, -0.2) is 0 Å². The molecule has 2 atom stereocenters. The quantitative estimate of drug-likeness (QED) is 0.788. The molecule has 86 valence electrons. The van der Waals surface area contributed by atoms with Gasteiger partial charge >= 0.3 is 6.18 Å². The molecule has 6 heteroatoms. The lowest BCUT2D eigenvalue weighted by molar-refractivity contribution is -0.184. The molecule has 0 aromatic rings.